The van der Waals surface area contributed by atoms with Gasteiger partial charge >= 0.3 is 0 Å². The summed E-state index contributed by atoms with van der Waals surface area (Å²) in [6, 6.07) is 3.89. The molecule has 6 heteroatoms. The maximum absolute atomic E-state index is 12.5. The van der Waals surface area contributed by atoms with Gasteiger partial charge in [-0.1, -0.05) is 0 Å². The predicted octanol–water partition coefficient (Wildman–Crippen LogP) is 1.72. The molecule has 0 saturated carbocycles. The van der Waals surface area contributed by atoms with E-state index in [0.29, 0.717) is 11.3 Å². The van der Waals surface area contributed by atoms with Crippen LogP contribution in [-0.4, -0.2) is 55.6 Å². The lowest BCUT2D eigenvalue weighted by atomic mass is 9.97. The van der Waals surface area contributed by atoms with Gasteiger partial charge in [0.25, 0.3) is 5.91 Å². The van der Waals surface area contributed by atoms with E-state index in [4.69, 9.17) is 4.42 Å². The minimum Gasteiger partial charge on any atom is -0.440 e. The second-order valence-electron chi connectivity index (χ2n) is 6.91. The molecule has 2 aromatic heterocycles. The van der Waals surface area contributed by atoms with E-state index >= 15 is 0 Å². The molecule has 4 rings (SSSR count). The Morgan fingerprint density at radius 2 is 2.26 bits per heavy atom. The molecule has 23 heavy (non-hydrogen) atoms. The van der Waals surface area contributed by atoms with Crippen molar-refractivity contribution >= 4 is 22.8 Å². The average Bonchev–Trinajstić information content (AvgIpc) is 3.09. The largest absolute Gasteiger partial charge is 0.440 e. The maximum atomic E-state index is 12.5. The molecule has 2 fully saturated rings. The first-order valence-corrected chi connectivity index (χ1v) is 8.18. The van der Waals surface area contributed by atoms with Gasteiger partial charge in [-0.25, -0.2) is 0 Å². The van der Waals surface area contributed by atoms with Crippen LogP contribution in [0.1, 0.15) is 23.3 Å². The van der Waals surface area contributed by atoms with E-state index in [-0.39, 0.29) is 11.9 Å². The molecule has 1 N–H and O–H groups in total. The molecule has 0 aromatic carbocycles. The summed E-state index contributed by atoms with van der Waals surface area (Å²) in [7, 11) is 3.84. The quantitative estimate of drug-likeness (QED) is 0.934. The third-order valence-electron chi connectivity index (χ3n) is 4.86. The maximum Gasteiger partial charge on any atom is 0.270 e. The molecule has 0 aliphatic carbocycles. The van der Waals surface area contributed by atoms with Crippen LogP contribution in [0.3, 0.4) is 0 Å². The van der Waals surface area contributed by atoms with Crippen molar-refractivity contribution in [2.24, 2.45) is 5.92 Å². The molecule has 2 saturated heterocycles. The summed E-state index contributed by atoms with van der Waals surface area (Å²) in [5.41, 5.74) is 1.12. The summed E-state index contributed by atoms with van der Waals surface area (Å²) < 4.78 is 5.75. The van der Waals surface area contributed by atoms with Gasteiger partial charge in [0.1, 0.15) is 11.3 Å². The molecule has 2 aliphatic rings. The number of anilines is 1. The van der Waals surface area contributed by atoms with Crippen LogP contribution >= 0.6 is 0 Å². The van der Waals surface area contributed by atoms with Gasteiger partial charge < -0.3 is 19.5 Å². The van der Waals surface area contributed by atoms with Crippen molar-refractivity contribution in [2.45, 2.75) is 18.9 Å². The van der Waals surface area contributed by atoms with Crippen LogP contribution in [0.5, 0.6) is 0 Å². The van der Waals surface area contributed by atoms with Gasteiger partial charge in [0.05, 0.1) is 0 Å². The van der Waals surface area contributed by atoms with Crippen LogP contribution in [0.25, 0.3) is 11.0 Å². The zero-order chi connectivity index (χ0) is 16.0. The van der Waals surface area contributed by atoms with Crippen molar-refractivity contribution in [3.8, 4) is 0 Å². The van der Waals surface area contributed by atoms with Gasteiger partial charge in [-0.3, -0.25) is 9.78 Å². The summed E-state index contributed by atoms with van der Waals surface area (Å²) in [6.07, 6.45) is 4.04. The van der Waals surface area contributed by atoms with Gasteiger partial charge in [0.2, 0.25) is 0 Å². The van der Waals surface area contributed by atoms with Gasteiger partial charge in [-0.15, -0.1) is 0 Å². The number of rotatable bonds is 3. The number of pyridine rings is 1. The number of piperidine rings is 1. The minimum absolute atomic E-state index is 0.109. The van der Waals surface area contributed by atoms with Crippen LogP contribution in [-0.2, 0) is 0 Å². The van der Waals surface area contributed by atoms with Gasteiger partial charge in [-0.05, 0) is 25.3 Å². The van der Waals surface area contributed by atoms with E-state index in [1.807, 2.05) is 25.1 Å². The van der Waals surface area contributed by atoms with Gasteiger partial charge in [0.15, 0.2) is 5.88 Å². The van der Waals surface area contributed by atoms with E-state index in [1.54, 1.807) is 12.3 Å². The Kier molecular flexibility index (Phi) is 3.49. The van der Waals surface area contributed by atoms with Crippen molar-refractivity contribution in [1.29, 1.82) is 0 Å². The SMILES string of the molecule is CN(C)c1cc2cnc(C(=O)N[C@@H]3CC4CCN(C4)C3)cc2o1. The molecule has 2 aliphatic heterocycles. The Labute approximate surface area is 135 Å². The summed E-state index contributed by atoms with van der Waals surface area (Å²) in [5, 5.41) is 4.04. The van der Waals surface area contributed by atoms with Crippen molar-refractivity contribution in [2.75, 3.05) is 38.6 Å². The third-order valence-corrected chi connectivity index (χ3v) is 4.86. The number of fused-ring (bicyclic) bond motifs is 3. The molecule has 3 atom stereocenters. The zero-order valence-corrected chi connectivity index (χ0v) is 13.6. The fourth-order valence-corrected chi connectivity index (χ4v) is 3.69. The number of hydrogen-bond acceptors (Lipinski definition) is 5. The molecule has 122 valence electrons. The first-order valence-electron chi connectivity index (χ1n) is 8.18. The lowest BCUT2D eigenvalue weighted by Gasteiger charge is -2.30. The number of carbonyl (C=O) groups excluding carboxylic acids is 1. The minimum atomic E-state index is -0.109. The topological polar surface area (TPSA) is 61.6 Å². The van der Waals surface area contributed by atoms with E-state index in [2.05, 4.69) is 15.2 Å². The molecule has 0 spiro atoms. The Hall–Kier alpha value is -2.08. The third kappa shape index (κ3) is 2.79. The van der Waals surface area contributed by atoms with E-state index in [9.17, 15) is 4.79 Å². The average molecular weight is 314 g/mol. The highest BCUT2D eigenvalue weighted by molar-refractivity contribution is 5.95. The van der Waals surface area contributed by atoms with Crippen molar-refractivity contribution in [3.05, 3.63) is 24.0 Å². The second-order valence-corrected chi connectivity index (χ2v) is 6.91. The van der Waals surface area contributed by atoms with Crippen LogP contribution in [0, 0.1) is 5.92 Å². The Morgan fingerprint density at radius 3 is 3.04 bits per heavy atom. The lowest BCUT2D eigenvalue weighted by molar-refractivity contribution is 0.0904. The van der Waals surface area contributed by atoms with Crippen LogP contribution in [0.2, 0.25) is 0 Å². The van der Waals surface area contributed by atoms with Crippen molar-refractivity contribution < 1.29 is 9.21 Å². The highest BCUT2D eigenvalue weighted by Crippen LogP contribution is 2.27. The van der Waals surface area contributed by atoms with Crippen LogP contribution in [0.15, 0.2) is 22.7 Å². The summed E-state index contributed by atoms with van der Waals surface area (Å²) >= 11 is 0. The first-order chi connectivity index (χ1) is 11.1. The fourth-order valence-electron chi connectivity index (χ4n) is 3.69. The highest BCUT2D eigenvalue weighted by Gasteiger charge is 2.33. The Balaban J connectivity index is 1.50. The molecular formula is C17H22N4O2. The predicted molar refractivity (Wildman–Crippen MR) is 88.8 cm³/mol. The van der Waals surface area contributed by atoms with Gasteiger partial charge in [0, 0.05) is 56.9 Å². The summed E-state index contributed by atoms with van der Waals surface area (Å²) in [6.45, 7) is 3.31. The highest BCUT2D eigenvalue weighted by atomic mass is 16.4. The molecule has 4 heterocycles. The lowest BCUT2D eigenvalue weighted by Crippen LogP contribution is -2.47. The number of nitrogens with one attached hydrogen (secondary N) is 1. The van der Waals surface area contributed by atoms with E-state index in [0.717, 1.165) is 30.2 Å². The number of amides is 1. The second kappa shape index (κ2) is 5.53. The van der Waals surface area contributed by atoms with Crippen LogP contribution in [0.4, 0.5) is 5.88 Å². The number of aromatic nitrogens is 1. The number of furan rings is 1. The number of carbonyl (C=O) groups is 1. The molecule has 0 radical (unpaired) electrons. The molecular weight excluding hydrogens is 292 g/mol. The molecule has 2 aromatic rings. The first kappa shape index (κ1) is 14.5. The Morgan fingerprint density at radius 1 is 1.39 bits per heavy atom. The normalized spacial score (nSPS) is 26.4. The smallest absolute Gasteiger partial charge is 0.270 e. The Bertz CT molecular complexity index is 727. The van der Waals surface area contributed by atoms with E-state index in [1.165, 1.54) is 19.5 Å². The van der Waals surface area contributed by atoms with Crippen LogP contribution < -0.4 is 10.2 Å². The molecule has 2 bridgehead atoms. The monoisotopic (exact) mass is 314 g/mol. The van der Waals surface area contributed by atoms with Crippen molar-refractivity contribution in [1.82, 2.24) is 15.2 Å². The number of hydrogen-bond donors (Lipinski definition) is 1. The van der Waals surface area contributed by atoms with Crippen molar-refractivity contribution in [3.63, 3.8) is 0 Å². The fraction of sp³-hybridized carbons (Fsp3) is 0.529. The molecule has 1 amide bonds. The molecule has 6 nitrogen and oxygen atoms in total. The zero-order valence-electron chi connectivity index (χ0n) is 13.6. The number of nitrogens with zero attached hydrogens (tertiary/aromatic N) is 3. The standard InChI is InChI=1S/C17H22N4O2/c1-20(2)16-6-12-8-18-14(7-15(12)23-16)17(22)19-13-5-11-3-4-21(9-11)10-13/h6-8,11,13H,3-5,9-10H2,1-2H3,(H,19,22)/t11?,13-/m1/s1. The summed E-state index contributed by atoms with van der Waals surface area (Å²) in [5.74, 6) is 1.38. The van der Waals surface area contributed by atoms with Gasteiger partial charge in [-0.2, -0.15) is 0 Å². The molecule has 2 unspecified atom stereocenters. The van der Waals surface area contributed by atoms with E-state index < -0.39 is 0 Å². The summed E-state index contributed by atoms with van der Waals surface area (Å²) in [4.78, 5) is 21.1.